The third-order valence-electron chi connectivity index (χ3n) is 9.13. The summed E-state index contributed by atoms with van der Waals surface area (Å²) >= 11 is 0. The summed E-state index contributed by atoms with van der Waals surface area (Å²) in [7, 11) is 0. The summed E-state index contributed by atoms with van der Waals surface area (Å²) in [5.74, 6) is 0. The second kappa shape index (κ2) is 11.0. The van der Waals surface area contributed by atoms with Crippen LogP contribution in [-0.2, 0) is 0 Å². The van der Waals surface area contributed by atoms with E-state index < -0.39 is 42.3 Å². The molecule has 230 valence electrons. The van der Waals surface area contributed by atoms with Crippen molar-refractivity contribution in [3.63, 3.8) is 0 Å². The van der Waals surface area contributed by atoms with Crippen LogP contribution >= 0.6 is 0 Å². The lowest BCUT2D eigenvalue weighted by molar-refractivity contribution is 0.672. The number of benzene rings is 8. The summed E-state index contributed by atoms with van der Waals surface area (Å²) in [6.07, 6.45) is 0. The van der Waals surface area contributed by atoms with Gasteiger partial charge in [0.1, 0.15) is 11.2 Å². The molecular weight excluding hydrogens is 597 g/mol. The van der Waals surface area contributed by atoms with Gasteiger partial charge in [0, 0.05) is 38.6 Å². The second-order valence-corrected chi connectivity index (χ2v) is 11.9. The third kappa shape index (κ3) is 4.37. The standard InChI is InChI=1S/C46H30N2O/c1-2-11-31(12-3-1)32-21-24-34(25-22-32)47(43-19-10-20-44-45(43)40-30-23-33-13-4-5-14-37(33)46(40)49-44)35-26-28-36(29-27-35)48-41-17-8-6-15-38(41)39-16-7-9-18-42(39)48/h1-30H/i4D,5D,10D,13D,14D,19D,20D,23D,30D. The van der Waals surface area contributed by atoms with Crippen LogP contribution in [0.5, 0.6) is 0 Å². The summed E-state index contributed by atoms with van der Waals surface area (Å²) < 4.78 is 88.5. The maximum Gasteiger partial charge on any atom is 0.143 e. The number of hydrogen-bond donors (Lipinski definition) is 0. The molecule has 0 spiro atoms. The van der Waals surface area contributed by atoms with Crippen molar-refractivity contribution >= 4 is 71.6 Å². The van der Waals surface area contributed by atoms with Crippen LogP contribution in [-0.4, -0.2) is 4.57 Å². The van der Waals surface area contributed by atoms with Crippen LogP contribution in [0.15, 0.2) is 186 Å². The van der Waals surface area contributed by atoms with E-state index in [0.717, 1.165) is 38.6 Å². The van der Waals surface area contributed by atoms with Gasteiger partial charge in [-0.25, -0.2) is 0 Å². The molecule has 3 heteroatoms. The van der Waals surface area contributed by atoms with Crippen molar-refractivity contribution < 1.29 is 16.8 Å². The second-order valence-electron chi connectivity index (χ2n) is 11.9. The van der Waals surface area contributed by atoms with E-state index in [4.69, 9.17) is 14.0 Å². The van der Waals surface area contributed by atoms with Crippen molar-refractivity contribution in [2.24, 2.45) is 0 Å². The Morgan fingerprint density at radius 1 is 0.490 bits per heavy atom. The summed E-state index contributed by atoms with van der Waals surface area (Å²) in [5.41, 5.74) is 6.00. The minimum atomic E-state index is -0.543. The molecule has 0 atom stereocenters. The minimum absolute atomic E-state index is 0.0161. The zero-order chi connectivity index (χ0) is 40.1. The van der Waals surface area contributed by atoms with E-state index in [1.54, 1.807) is 4.90 Å². The fraction of sp³-hybridized carbons (Fsp3) is 0. The van der Waals surface area contributed by atoms with Gasteiger partial charge in [-0.3, -0.25) is 0 Å². The normalized spacial score (nSPS) is 14.2. The number of furan rings is 1. The molecule has 10 rings (SSSR count). The number of rotatable bonds is 5. The Morgan fingerprint density at radius 3 is 1.86 bits per heavy atom. The van der Waals surface area contributed by atoms with Crippen molar-refractivity contribution in [3.05, 3.63) is 182 Å². The van der Waals surface area contributed by atoms with Crippen molar-refractivity contribution in [1.29, 1.82) is 0 Å². The quantitative estimate of drug-likeness (QED) is 0.188. The van der Waals surface area contributed by atoms with E-state index in [1.165, 1.54) is 0 Å². The van der Waals surface area contributed by atoms with Crippen LogP contribution < -0.4 is 4.90 Å². The average molecular weight is 636 g/mol. The van der Waals surface area contributed by atoms with Crippen molar-refractivity contribution in [2.75, 3.05) is 4.90 Å². The average Bonchev–Trinajstić information content (AvgIpc) is 3.82. The zero-order valence-electron chi connectivity index (χ0n) is 34.9. The molecule has 0 saturated heterocycles. The van der Waals surface area contributed by atoms with Gasteiger partial charge < -0.3 is 13.9 Å². The van der Waals surface area contributed by atoms with E-state index in [0.29, 0.717) is 11.4 Å². The number of hydrogen-bond acceptors (Lipinski definition) is 2. The molecule has 2 heterocycles. The van der Waals surface area contributed by atoms with Gasteiger partial charge in [-0.05, 0) is 83.2 Å². The highest BCUT2D eigenvalue weighted by Gasteiger charge is 2.21. The molecular formula is C46H30N2O. The highest BCUT2D eigenvalue weighted by Crippen LogP contribution is 2.45. The van der Waals surface area contributed by atoms with Gasteiger partial charge in [-0.2, -0.15) is 0 Å². The molecule has 0 amide bonds. The molecule has 2 aromatic heterocycles. The predicted octanol–water partition coefficient (Wildman–Crippen LogP) is 13.0. The molecule has 0 saturated carbocycles. The van der Waals surface area contributed by atoms with Gasteiger partial charge in [0.25, 0.3) is 0 Å². The predicted molar refractivity (Wildman–Crippen MR) is 206 cm³/mol. The molecule has 0 aliphatic carbocycles. The van der Waals surface area contributed by atoms with Crippen molar-refractivity contribution in [1.82, 2.24) is 4.57 Å². The molecule has 0 bridgehead atoms. The Balaban J connectivity index is 1.28. The first-order valence-electron chi connectivity index (χ1n) is 20.5. The van der Waals surface area contributed by atoms with E-state index in [9.17, 15) is 2.74 Å². The number of aromatic nitrogens is 1. The highest BCUT2D eigenvalue weighted by atomic mass is 16.3. The summed E-state index contributed by atoms with van der Waals surface area (Å²) in [6.45, 7) is 0. The summed E-state index contributed by atoms with van der Waals surface area (Å²) in [6, 6.07) is 37.8. The molecule has 8 aromatic carbocycles. The first-order valence-corrected chi connectivity index (χ1v) is 16.0. The summed E-state index contributed by atoms with van der Waals surface area (Å²) in [4.78, 5) is 1.79. The van der Waals surface area contributed by atoms with E-state index >= 15 is 0 Å². The lowest BCUT2D eigenvalue weighted by Crippen LogP contribution is -2.10. The number of anilines is 3. The maximum absolute atomic E-state index is 9.48. The summed E-state index contributed by atoms with van der Waals surface area (Å²) in [5, 5.41) is 2.09. The molecule has 49 heavy (non-hydrogen) atoms. The number of nitrogens with zero attached hydrogens (tertiary/aromatic N) is 2. The zero-order valence-corrected chi connectivity index (χ0v) is 25.9. The van der Waals surface area contributed by atoms with Gasteiger partial charge in [-0.15, -0.1) is 0 Å². The van der Waals surface area contributed by atoms with Crippen molar-refractivity contribution in [2.45, 2.75) is 0 Å². The van der Waals surface area contributed by atoms with Crippen LogP contribution in [0.25, 0.3) is 71.3 Å². The van der Waals surface area contributed by atoms with Crippen LogP contribution in [0.2, 0.25) is 0 Å². The van der Waals surface area contributed by atoms with E-state index in [2.05, 4.69) is 28.8 Å². The Morgan fingerprint density at radius 2 is 1.12 bits per heavy atom. The highest BCUT2D eigenvalue weighted by molar-refractivity contribution is 6.19. The Hall–Kier alpha value is -6.58. The first-order chi connectivity index (χ1) is 28.1. The molecule has 10 aromatic rings. The van der Waals surface area contributed by atoms with Gasteiger partial charge in [0.05, 0.1) is 34.4 Å². The number of fused-ring (bicyclic) bond motifs is 8. The molecule has 0 aliphatic heterocycles. The van der Waals surface area contributed by atoms with Crippen LogP contribution in [0.4, 0.5) is 17.1 Å². The molecule has 0 unspecified atom stereocenters. The van der Waals surface area contributed by atoms with Crippen molar-refractivity contribution in [3.8, 4) is 16.8 Å². The minimum Gasteiger partial charge on any atom is -0.455 e. The van der Waals surface area contributed by atoms with Crippen LogP contribution in [0, 0.1) is 0 Å². The van der Waals surface area contributed by atoms with Gasteiger partial charge >= 0.3 is 0 Å². The SMILES string of the molecule is [2H]c1c([2H])c(N(c2ccc(-c3ccccc3)cc2)c2ccc(-n3c4ccccc4c4ccccc43)cc2)c2c(oc3c4c([2H])c([2H])c([2H])c([2H])c4c([2H])c([2H])c32)c1[2H]. The van der Waals surface area contributed by atoms with Gasteiger partial charge in [0.15, 0.2) is 0 Å². The fourth-order valence-corrected chi connectivity index (χ4v) is 6.91. The monoisotopic (exact) mass is 635 g/mol. The first kappa shape index (κ1) is 19.9. The Bertz CT molecular complexity index is 3270. The largest absolute Gasteiger partial charge is 0.455 e. The van der Waals surface area contributed by atoms with E-state index in [-0.39, 0.29) is 50.5 Å². The number of para-hydroxylation sites is 2. The lowest BCUT2D eigenvalue weighted by Gasteiger charge is -2.27. The molecule has 0 fully saturated rings. The molecule has 0 radical (unpaired) electrons. The molecule has 0 N–H and O–H groups in total. The van der Waals surface area contributed by atoms with E-state index in [1.807, 2.05) is 103 Å². The molecule has 0 aliphatic rings. The molecule has 3 nitrogen and oxygen atoms in total. The smallest absolute Gasteiger partial charge is 0.143 e. The van der Waals surface area contributed by atoms with Crippen LogP contribution in [0.1, 0.15) is 12.3 Å². The Labute approximate surface area is 296 Å². The van der Waals surface area contributed by atoms with Crippen LogP contribution in [0.3, 0.4) is 0 Å². The topological polar surface area (TPSA) is 21.3 Å². The van der Waals surface area contributed by atoms with Gasteiger partial charge in [-0.1, -0.05) is 115 Å². The Kier molecular flexibility index (Phi) is 4.48. The van der Waals surface area contributed by atoms with Gasteiger partial charge in [0.2, 0.25) is 0 Å². The third-order valence-corrected chi connectivity index (χ3v) is 9.13. The maximum atomic E-state index is 9.48. The fourth-order valence-electron chi connectivity index (χ4n) is 6.91. The lowest BCUT2D eigenvalue weighted by atomic mass is 10.0.